The zero-order valence-corrected chi connectivity index (χ0v) is 8.31. The van der Waals surface area contributed by atoms with Gasteiger partial charge in [0.1, 0.15) is 0 Å². The Morgan fingerprint density at radius 1 is 1.33 bits per heavy atom. The van der Waals surface area contributed by atoms with Gasteiger partial charge in [0.05, 0.1) is 13.2 Å². The zero-order chi connectivity index (χ0) is 10.7. The molecule has 0 aromatic heterocycles. The highest BCUT2D eigenvalue weighted by Gasteiger charge is 2.19. The number of rotatable bonds is 3. The van der Waals surface area contributed by atoms with Crippen LogP contribution < -0.4 is 5.73 Å². The number of benzene rings is 1. The Morgan fingerprint density at radius 3 is 2.67 bits per heavy atom. The average Bonchev–Trinajstić information content (AvgIpc) is 2.71. The molecule has 2 rings (SSSR count). The van der Waals surface area contributed by atoms with E-state index in [1.165, 1.54) is 0 Å². The van der Waals surface area contributed by atoms with Crippen LogP contribution in [0.3, 0.4) is 0 Å². The summed E-state index contributed by atoms with van der Waals surface area (Å²) in [7, 11) is 0. The molecule has 0 radical (unpaired) electrons. The zero-order valence-electron chi connectivity index (χ0n) is 8.31. The molecular weight excluding hydrogens is 194 g/mol. The summed E-state index contributed by atoms with van der Waals surface area (Å²) in [6.07, 6.45) is 0.763. The quantitative estimate of drug-likeness (QED) is 0.749. The number of hydrogen-bond acceptors (Lipinski definition) is 3. The number of hydrogen-bond donors (Lipinski definition) is 1. The predicted octanol–water partition coefficient (Wildman–Crippen LogP) is 0.906. The fourth-order valence-electron chi connectivity index (χ4n) is 1.70. The van der Waals surface area contributed by atoms with Crippen molar-refractivity contribution in [1.82, 2.24) is 0 Å². The summed E-state index contributed by atoms with van der Waals surface area (Å²) < 4.78 is 0. The van der Waals surface area contributed by atoms with Crippen LogP contribution in [0.1, 0.15) is 15.9 Å². The third kappa shape index (κ3) is 2.34. The lowest BCUT2D eigenvalue weighted by Crippen LogP contribution is -2.16. The fraction of sp³-hybridized carbons (Fsp3) is 0.364. The molecule has 0 aliphatic carbocycles. The first kappa shape index (κ1) is 10.1. The van der Waals surface area contributed by atoms with E-state index < -0.39 is 0 Å². The van der Waals surface area contributed by atoms with Crippen LogP contribution in [0, 0.1) is 5.92 Å². The fourth-order valence-corrected chi connectivity index (χ4v) is 1.70. The summed E-state index contributed by atoms with van der Waals surface area (Å²) in [5, 5.41) is 0. The third-order valence-corrected chi connectivity index (χ3v) is 2.48. The van der Waals surface area contributed by atoms with E-state index in [1.807, 2.05) is 18.2 Å². The molecule has 0 spiro atoms. The van der Waals surface area contributed by atoms with Crippen LogP contribution in [0.5, 0.6) is 0 Å². The van der Waals surface area contributed by atoms with Crippen LogP contribution in [0.25, 0.3) is 0 Å². The molecule has 1 amide bonds. The van der Waals surface area contributed by atoms with Crippen LogP contribution in [-0.2, 0) is 16.2 Å². The molecular formula is C11H13NO3. The first-order valence-electron chi connectivity index (χ1n) is 4.89. The summed E-state index contributed by atoms with van der Waals surface area (Å²) in [6, 6.07) is 7.37. The molecule has 15 heavy (non-hydrogen) atoms. The molecule has 80 valence electrons. The van der Waals surface area contributed by atoms with Crippen molar-refractivity contribution in [2.24, 2.45) is 11.7 Å². The van der Waals surface area contributed by atoms with E-state index in [-0.39, 0.29) is 5.91 Å². The molecule has 1 aliphatic heterocycles. The average molecular weight is 207 g/mol. The van der Waals surface area contributed by atoms with E-state index in [2.05, 4.69) is 0 Å². The molecule has 4 nitrogen and oxygen atoms in total. The summed E-state index contributed by atoms with van der Waals surface area (Å²) in [5.74, 6) is -0.0732. The number of nitrogens with two attached hydrogens (primary N) is 1. The standard InChI is InChI=1S/C11H13NO3/c12-11(13)10-4-2-1-3-9(10)5-8-6-14-15-7-8/h1-4,8H,5-7H2,(H2,12,13). The topological polar surface area (TPSA) is 61.6 Å². The maximum Gasteiger partial charge on any atom is 0.248 e. The summed E-state index contributed by atoms with van der Waals surface area (Å²) >= 11 is 0. The van der Waals surface area contributed by atoms with Crippen molar-refractivity contribution in [3.8, 4) is 0 Å². The van der Waals surface area contributed by atoms with E-state index in [1.54, 1.807) is 6.07 Å². The van der Waals surface area contributed by atoms with Gasteiger partial charge in [0.15, 0.2) is 0 Å². The lowest BCUT2D eigenvalue weighted by Gasteiger charge is -2.08. The normalized spacial score (nSPS) is 16.8. The highest BCUT2D eigenvalue weighted by Crippen LogP contribution is 2.17. The van der Waals surface area contributed by atoms with Crippen LogP contribution in [0.2, 0.25) is 0 Å². The number of primary amides is 1. The summed E-state index contributed by atoms with van der Waals surface area (Å²) in [5.41, 5.74) is 6.84. The Labute approximate surface area is 87.9 Å². The lowest BCUT2D eigenvalue weighted by atomic mass is 9.96. The van der Waals surface area contributed by atoms with E-state index in [9.17, 15) is 4.79 Å². The van der Waals surface area contributed by atoms with Gasteiger partial charge in [0.2, 0.25) is 5.91 Å². The third-order valence-electron chi connectivity index (χ3n) is 2.48. The summed E-state index contributed by atoms with van der Waals surface area (Å²) in [4.78, 5) is 20.8. The molecule has 1 heterocycles. The van der Waals surface area contributed by atoms with Crippen molar-refractivity contribution in [1.29, 1.82) is 0 Å². The number of amides is 1. The van der Waals surface area contributed by atoms with Gasteiger partial charge in [-0.2, -0.15) is 0 Å². The molecule has 0 atom stereocenters. The van der Waals surface area contributed by atoms with Gasteiger partial charge < -0.3 is 5.73 Å². The molecule has 4 heteroatoms. The minimum atomic E-state index is -0.384. The molecule has 0 unspecified atom stereocenters. The Bertz CT molecular complexity index is 359. The molecule has 1 fully saturated rings. The Morgan fingerprint density at radius 2 is 2.00 bits per heavy atom. The van der Waals surface area contributed by atoms with Gasteiger partial charge >= 0.3 is 0 Å². The maximum atomic E-state index is 11.2. The van der Waals surface area contributed by atoms with E-state index in [4.69, 9.17) is 15.5 Å². The van der Waals surface area contributed by atoms with Crippen LogP contribution >= 0.6 is 0 Å². The molecule has 2 N–H and O–H groups in total. The van der Waals surface area contributed by atoms with E-state index >= 15 is 0 Å². The van der Waals surface area contributed by atoms with Gasteiger partial charge in [0, 0.05) is 11.5 Å². The Balaban J connectivity index is 2.15. The monoisotopic (exact) mass is 207 g/mol. The minimum absolute atomic E-state index is 0.311. The highest BCUT2D eigenvalue weighted by atomic mass is 17.2. The van der Waals surface area contributed by atoms with Crippen LogP contribution in [0.15, 0.2) is 24.3 Å². The molecule has 0 saturated carbocycles. The SMILES string of the molecule is NC(=O)c1ccccc1CC1COOC1. The van der Waals surface area contributed by atoms with Gasteiger partial charge in [-0.05, 0) is 18.1 Å². The Kier molecular flexibility index (Phi) is 2.99. The van der Waals surface area contributed by atoms with E-state index in [0.29, 0.717) is 24.7 Å². The number of carbonyl (C=O) groups excluding carboxylic acids is 1. The molecule has 1 aliphatic rings. The first-order chi connectivity index (χ1) is 7.27. The van der Waals surface area contributed by atoms with Crippen molar-refractivity contribution < 1.29 is 14.6 Å². The van der Waals surface area contributed by atoms with Gasteiger partial charge in [-0.1, -0.05) is 18.2 Å². The van der Waals surface area contributed by atoms with Gasteiger partial charge in [-0.15, -0.1) is 0 Å². The Hall–Kier alpha value is -1.39. The van der Waals surface area contributed by atoms with Gasteiger partial charge in [0.25, 0.3) is 0 Å². The maximum absolute atomic E-state index is 11.2. The smallest absolute Gasteiger partial charge is 0.248 e. The second-order valence-corrected chi connectivity index (χ2v) is 3.66. The predicted molar refractivity (Wildman–Crippen MR) is 54.1 cm³/mol. The van der Waals surface area contributed by atoms with Gasteiger partial charge in [-0.3, -0.25) is 4.79 Å². The summed E-state index contributed by atoms with van der Waals surface area (Å²) in [6.45, 7) is 1.15. The second kappa shape index (κ2) is 4.42. The number of carbonyl (C=O) groups is 1. The van der Waals surface area contributed by atoms with Crippen molar-refractivity contribution in [2.75, 3.05) is 13.2 Å². The van der Waals surface area contributed by atoms with E-state index in [0.717, 1.165) is 12.0 Å². The molecule has 0 bridgehead atoms. The minimum Gasteiger partial charge on any atom is -0.366 e. The first-order valence-corrected chi connectivity index (χ1v) is 4.89. The lowest BCUT2D eigenvalue weighted by molar-refractivity contribution is -0.248. The largest absolute Gasteiger partial charge is 0.366 e. The van der Waals surface area contributed by atoms with Crippen molar-refractivity contribution in [3.63, 3.8) is 0 Å². The highest BCUT2D eigenvalue weighted by molar-refractivity contribution is 5.94. The van der Waals surface area contributed by atoms with Gasteiger partial charge in [-0.25, -0.2) is 9.78 Å². The van der Waals surface area contributed by atoms with Crippen molar-refractivity contribution >= 4 is 5.91 Å². The molecule has 1 aromatic carbocycles. The molecule has 1 aromatic rings. The van der Waals surface area contributed by atoms with Crippen molar-refractivity contribution in [2.45, 2.75) is 6.42 Å². The van der Waals surface area contributed by atoms with Crippen LogP contribution in [0.4, 0.5) is 0 Å². The second-order valence-electron chi connectivity index (χ2n) is 3.66. The van der Waals surface area contributed by atoms with Crippen LogP contribution in [-0.4, -0.2) is 19.1 Å². The molecule has 1 saturated heterocycles. The van der Waals surface area contributed by atoms with Crippen molar-refractivity contribution in [3.05, 3.63) is 35.4 Å².